The van der Waals surface area contributed by atoms with E-state index in [0.29, 0.717) is 12.3 Å². The molecule has 1 amide bonds. The van der Waals surface area contributed by atoms with Crippen molar-refractivity contribution in [1.29, 1.82) is 0 Å². The van der Waals surface area contributed by atoms with Gasteiger partial charge in [-0.15, -0.1) is 0 Å². The first-order valence-corrected chi connectivity index (χ1v) is 9.61. The van der Waals surface area contributed by atoms with E-state index >= 15 is 0 Å². The van der Waals surface area contributed by atoms with E-state index in [4.69, 9.17) is 11.6 Å². The van der Waals surface area contributed by atoms with E-state index in [2.05, 4.69) is 26.8 Å². The number of carbonyl (C=O) groups excluding carboxylic acids is 1. The number of piperazine rings is 1. The van der Waals surface area contributed by atoms with Crippen molar-refractivity contribution >= 4 is 23.2 Å². The molecule has 2 fully saturated rings. The summed E-state index contributed by atoms with van der Waals surface area (Å²) >= 11 is 5.95. The topological polar surface area (TPSA) is 26.8 Å². The molecule has 2 aliphatic rings. The molecule has 1 aromatic rings. The lowest BCUT2D eigenvalue weighted by Crippen LogP contribution is -2.46. The van der Waals surface area contributed by atoms with Gasteiger partial charge in [0.25, 0.3) is 0 Å². The number of rotatable bonds is 5. The molecule has 0 saturated carbocycles. The van der Waals surface area contributed by atoms with Gasteiger partial charge in [0.2, 0.25) is 5.91 Å². The first kappa shape index (κ1) is 17.6. The zero-order valence-electron chi connectivity index (χ0n) is 14.4. The Bertz CT molecular complexity index is 520. The summed E-state index contributed by atoms with van der Waals surface area (Å²) in [6.07, 6.45) is 5.33. The van der Waals surface area contributed by atoms with Crippen molar-refractivity contribution in [2.45, 2.75) is 32.1 Å². The van der Waals surface area contributed by atoms with Gasteiger partial charge >= 0.3 is 0 Å². The number of halogens is 1. The number of anilines is 1. The SMILES string of the molecule is O=C(CCCN1CCN(c2ccc(Cl)cc2)CC1)N1CCCCC1. The highest BCUT2D eigenvalue weighted by atomic mass is 35.5. The third kappa shape index (κ3) is 4.87. The fourth-order valence-corrected chi connectivity index (χ4v) is 3.76. The molecule has 1 aromatic carbocycles. The second kappa shape index (κ2) is 8.72. The summed E-state index contributed by atoms with van der Waals surface area (Å²) in [6, 6.07) is 8.09. The molecule has 4 nitrogen and oxygen atoms in total. The van der Waals surface area contributed by atoms with Crippen LogP contribution in [0.15, 0.2) is 24.3 Å². The van der Waals surface area contributed by atoms with Gasteiger partial charge < -0.3 is 9.80 Å². The highest BCUT2D eigenvalue weighted by Gasteiger charge is 2.19. The van der Waals surface area contributed by atoms with Crippen molar-refractivity contribution in [3.63, 3.8) is 0 Å². The summed E-state index contributed by atoms with van der Waals surface area (Å²) in [6.45, 7) is 7.20. The third-order valence-electron chi connectivity index (χ3n) is 5.14. The van der Waals surface area contributed by atoms with Gasteiger partial charge in [-0.1, -0.05) is 11.6 Å². The first-order valence-electron chi connectivity index (χ1n) is 9.23. The molecule has 0 aromatic heterocycles. The average Bonchev–Trinajstić information content (AvgIpc) is 2.64. The van der Waals surface area contributed by atoms with Crippen LogP contribution in [0.1, 0.15) is 32.1 Å². The molecule has 5 heteroatoms. The minimum atomic E-state index is 0.356. The van der Waals surface area contributed by atoms with Crippen molar-refractivity contribution in [3.05, 3.63) is 29.3 Å². The van der Waals surface area contributed by atoms with Gasteiger partial charge in [-0.25, -0.2) is 0 Å². The summed E-state index contributed by atoms with van der Waals surface area (Å²) in [5, 5.41) is 0.788. The van der Waals surface area contributed by atoms with E-state index in [-0.39, 0.29) is 0 Å². The molecule has 0 unspecified atom stereocenters. The maximum Gasteiger partial charge on any atom is 0.222 e. The maximum absolute atomic E-state index is 12.2. The van der Waals surface area contributed by atoms with Crippen LogP contribution in [0.2, 0.25) is 5.02 Å². The molecular formula is C19H28ClN3O. The van der Waals surface area contributed by atoms with Gasteiger partial charge in [-0.2, -0.15) is 0 Å². The number of carbonyl (C=O) groups is 1. The molecule has 0 atom stereocenters. The minimum absolute atomic E-state index is 0.356. The highest BCUT2D eigenvalue weighted by Crippen LogP contribution is 2.19. The number of hydrogen-bond donors (Lipinski definition) is 0. The number of likely N-dealkylation sites (tertiary alicyclic amines) is 1. The predicted molar refractivity (Wildman–Crippen MR) is 99.8 cm³/mol. The Morgan fingerprint density at radius 2 is 1.58 bits per heavy atom. The van der Waals surface area contributed by atoms with E-state index in [1.165, 1.54) is 24.9 Å². The first-order chi connectivity index (χ1) is 11.7. The van der Waals surface area contributed by atoms with E-state index < -0.39 is 0 Å². The van der Waals surface area contributed by atoms with E-state index in [1.54, 1.807) is 0 Å². The molecule has 0 N–H and O–H groups in total. The summed E-state index contributed by atoms with van der Waals surface area (Å²) in [5.74, 6) is 0.356. The standard InChI is InChI=1S/C19H28ClN3O/c20-17-6-8-18(9-7-17)22-15-13-21(14-16-22)10-4-5-19(24)23-11-2-1-3-12-23/h6-9H,1-5,10-16H2. The molecule has 0 aliphatic carbocycles. The van der Waals surface area contributed by atoms with Crippen LogP contribution in [0.4, 0.5) is 5.69 Å². The second-order valence-electron chi connectivity index (χ2n) is 6.85. The van der Waals surface area contributed by atoms with E-state index in [9.17, 15) is 4.79 Å². The largest absolute Gasteiger partial charge is 0.369 e. The molecule has 2 heterocycles. The normalized spacial score (nSPS) is 19.5. The van der Waals surface area contributed by atoms with Crippen LogP contribution in [0.3, 0.4) is 0 Å². The van der Waals surface area contributed by atoms with Crippen LogP contribution in [-0.2, 0) is 4.79 Å². The van der Waals surface area contributed by atoms with Crippen LogP contribution in [0, 0.1) is 0 Å². The van der Waals surface area contributed by atoms with Crippen molar-refractivity contribution in [1.82, 2.24) is 9.80 Å². The molecule has 2 saturated heterocycles. The number of nitrogens with zero attached hydrogens (tertiary/aromatic N) is 3. The van der Waals surface area contributed by atoms with Gasteiger partial charge in [0.1, 0.15) is 0 Å². The van der Waals surface area contributed by atoms with Crippen molar-refractivity contribution in [2.75, 3.05) is 50.7 Å². The molecule has 0 radical (unpaired) electrons. The Kier molecular flexibility index (Phi) is 6.38. The van der Waals surface area contributed by atoms with Gasteiger partial charge in [-0.3, -0.25) is 9.69 Å². The summed E-state index contributed by atoms with van der Waals surface area (Å²) < 4.78 is 0. The Labute approximate surface area is 150 Å². The van der Waals surface area contributed by atoms with Crippen LogP contribution >= 0.6 is 11.6 Å². The monoisotopic (exact) mass is 349 g/mol. The summed E-state index contributed by atoms with van der Waals surface area (Å²) in [4.78, 5) is 19.1. The van der Waals surface area contributed by atoms with Crippen molar-refractivity contribution in [2.24, 2.45) is 0 Å². The predicted octanol–water partition coefficient (Wildman–Crippen LogP) is 3.25. The Balaban J connectivity index is 1.35. The minimum Gasteiger partial charge on any atom is -0.369 e. The quantitative estimate of drug-likeness (QED) is 0.816. The molecular weight excluding hydrogens is 322 g/mol. The summed E-state index contributed by atoms with van der Waals surface area (Å²) in [5.41, 5.74) is 1.25. The van der Waals surface area contributed by atoms with E-state index in [0.717, 1.165) is 57.3 Å². The fourth-order valence-electron chi connectivity index (χ4n) is 3.64. The Morgan fingerprint density at radius 1 is 0.917 bits per heavy atom. The van der Waals surface area contributed by atoms with Crippen molar-refractivity contribution in [3.8, 4) is 0 Å². The van der Waals surface area contributed by atoms with Crippen molar-refractivity contribution < 1.29 is 4.79 Å². The number of benzene rings is 1. The Hall–Kier alpha value is -1.26. The van der Waals surface area contributed by atoms with Gasteiger partial charge in [0.15, 0.2) is 0 Å². The van der Waals surface area contributed by atoms with Gasteiger partial charge in [0, 0.05) is 56.4 Å². The van der Waals surface area contributed by atoms with Crippen LogP contribution in [-0.4, -0.2) is 61.5 Å². The molecule has 3 rings (SSSR count). The highest BCUT2D eigenvalue weighted by molar-refractivity contribution is 6.30. The third-order valence-corrected chi connectivity index (χ3v) is 5.39. The molecule has 0 spiro atoms. The lowest BCUT2D eigenvalue weighted by atomic mass is 10.1. The fraction of sp³-hybridized carbons (Fsp3) is 0.632. The van der Waals surface area contributed by atoms with Gasteiger partial charge in [0.05, 0.1) is 0 Å². The average molecular weight is 350 g/mol. The zero-order valence-corrected chi connectivity index (χ0v) is 15.2. The molecule has 0 bridgehead atoms. The maximum atomic E-state index is 12.2. The lowest BCUT2D eigenvalue weighted by Gasteiger charge is -2.36. The number of hydrogen-bond acceptors (Lipinski definition) is 3. The van der Waals surface area contributed by atoms with Crippen LogP contribution in [0.25, 0.3) is 0 Å². The van der Waals surface area contributed by atoms with Crippen LogP contribution < -0.4 is 4.90 Å². The molecule has 132 valence electrons. The number of piperidine rings is 1. The van der Waals surface area contributed by atoms with Crippen LogP contribution in [0.5, 0.6) is 0 Å². The molecule has 24 heavy (non-hydrogen) atoms. The number of amides is 1. The second-order valence-corrected chi connectivity index (χ2v) is 7.29. The zero-order chi connectivity index (χ0) is 16.8. The molecule has 2 aliphatic heterocycles. The smallest absolute Gasteiger partial charge is 0.222 e. The lowest BCUT2D eigenvalue weighted by molar-refractivity contribution is -0.132. The Morgan fingerprint density at radius 3 is 2.25 bits per heavy atom. The van der Waals surface area contributed by atoms with E-state index in [1.807, 2.05) is 12.1 Å². The summed E-state index contributed by atoms with van der Waals surface area (Å²) in [7, 11) is 0. The van der Waals surface area contributed by atoms with Gasteiger partial charge in [-0.05, 0) is 56.5 Å².